The van der Waals surface area contributed by atoms with E-state index in [0.29, 0.717) is 11.1 Å². The number of fused-ring (bicyclic) bond motifs is 1. The number of rotatable bonds is 3. The summed E-state index contributed by atoms with van der Waals surface area (Å²) in [6.45, 7) is 10.5. The van der Waals surface area contributed by atoms with Gasteiger partial charge in [0.25, 0.3) is 0 Å². The molecule has 4 nitrogen and oxygen atoms in total. The van der Waals surface area contributed by atoms with Gasteiger partial charge in [0.05, 0.1) is 12.3 Å². The summed E-state index contributed by atoms with van der Waals surface area (Å²) in [6.07, 6.45) is 0.105. The minimum absolute atomic E-state index is 0.0980. The number of esters is 2. The third-order valence-electron chi connectivity index (χ3n) is 4.02. The Hall–Kier alpha value is -1.98. The van der Waals surface area contributed by atoms with Crippen molar-refractivity contribution in [3.05, 3.63) is 34.9 Å². The van der Waals surface area contributed by atoms with Crippen LogP contribution in [0.1, 0.15) is 65.0 Å². The summed E-state index contributed by atoms with van der Waals surface area (Å²) < 4.78 is 38.1. The SMILES string of the molecule is CC(C)(C)OC(=O)C[C@H]1c2cc(F)c(F)cc2C[C@H]1C(=O)OC(C)(C)C. The quantitative estimate of drug-likeness (QED) is 0.747. The topological polar surface area (TPSA) is 52.6 Å². The van der Waals surface area contributed by atoms with Crippen LogP contribution in [0.4, 0.5) is 8.78 Å². The zero-order valence-electron chi connectivity index (χ0n) is 16.1. The number of halogens is 2. The van der Waals surface area contributed by atoms with E-state index < -0.39 is 46.6 Å². The van der Waals surface area contributed by atoms with Crippen molar-refractivity contribution in [3.8, 4) is 0 Å². The maximum absolute atomic E-state index is 13.7. The molecule has 0 bridgehead atoms. The Morgan fingerprint density at radius 2 is 1.54 bits per heavy atom. The molecular formula is C20H26F2O4. The molecule has 2 atom stereocenters. The summed E-state index contributed by atoms with van der Waals surface area (Å²) in [7, 11) is 0. The Kier molecular flexibility index (Phi) is 5.45. The highest BCUT2D eigenvalue weighted by atomic mass is 19.2. The normalized spacial score (nSPS) is 19.8. The first-order valence-corrected chi connectivity index (χ1v) is 8.69. The Morgan fingerprint density at radius 1 is 1.00 bits per heavy atom. The summed E-state index contributed by atoms with van der Waals surface area (Å²) in [6, 6.07) is 2.17. The van der Waals surface area contributed by atoms with Crippen molar-refractivity contribution in [1.82, 2.24) is 0 Å². The van der Waals surface area contributed by atoms with E-state index in [-0.39, 0.29) is 12.8 Å². The predicted octanol–water partition coefficient (Wildman–Crippen LogP) is 4.29. The van der Waals surface area contributed by atoms with Gasteiger partial charge < -0.3 is 9.47 Å². The van der Waals surface area contributed by atoms with Crippen LogP contribution in [-0.2, 0) is 25.5 Å². The molecule has 0 aromatic heterocycles. The van der Waals surface area contributed by atoms with Crippen molar-refractivity contribution >= 4 is 11.9 Å². The molecule has 0 radical (unpaired) electrons. The fourth-order valence-electron chi connectivity index (χ4n) is 3.16. The highest BCUT2D eigenvalue weighted by Gasteiger charge is 2.42. The summed E-state index contributed by atoms with van der Waals surface area (Å²) in [5.74, 6) is -4.23. The molecule has 26 heavy (non-hydrogen) atoms. The van der Waals surface area contributed by atoms with Crippen molar-refractivity contribution < 1.29 is 27.8 Å². The summed E-state index contributed by atoms with van der Waals surface area (Å²) in [5.41, 5.74) is -0.383. The molecule has 2 rings (SSSR count). The third kappa shape index (κ3) is 5.02. The Labute approximate surface area is 152 Å². The van der Waals surface area contributed by atoms with Crippen molar-refractivity contribution in [2.45, 2.75) is 71.5 Å². The fourth-order valence-corrected chi connectivity index (χ4v) is 3.16. The number of ether oxygens (including phenoxy) is 2. The van der Waals surface area contributed by atoms with E-state index in [1.165, 1.54) is 0 Å². The van der Waals surface area contributed by atoms with Gasteiger partial charge in [0.2, 0.25) is 0 Å². The zero-order valence-corrected chi connectivity index (χ0v) is 16.1. The van der Waals surface area contributed by atoms with Crippen LogP contribution >= 0.6 is 0 Å². The van der Waals surface area contributed by atoms with Crippen LogP contribution in [0.3, 0.4) is 0 Å². The smallest absolute Gasteiger partial charge is 0.310 e. The van der Waals surface area contributed by atoms with Crippen molar-refractivity contribution in [2.75, 3.05) is 0 Å². The monoisotopic (exact) mass is 368 g/mol. The highest BCUT2D eigenvalue weighted by Crippen LogP contribution is 2.42. The summed E-state index contributed by atoms with van der Waals surface area (Å²) >= 11 is 0. The number of hydrogen-bond donors (Lipinski definition) is 0. The molecule has 0 spiro atoms. The van der Waals surface area contributed by atoms with Gasteiger partial charge in [-0.25, -0.2) is 8.78 Å². The molecule has 0 saturated heterocycles. The average molecular weight is 368 g/mol. The van der Waals surface area contributed by atoms with E-state index in [1.807, 2.05) is 0 Å². The molecule has 0 saturated carbocycles. The average Bonchev–Trinajstić information content (AvgIpc) is 2.73. The van der Waals surface area contributed by atoms with Gasteiger partial charge in [0.15, 0.2) is 11.6 Å². The lowest BCUT2D eigenvalue weighted by Gasteiger charge is -2.26. The second kappa shape index (κ2) is 6.97. The molecule has 0 N–H and O–H groups in total. The molecule has 0 heterocycles. The van der Waals surface area contributed by atoms with Gasteiger partial charge >= 0.3 is 11.9 Å². The van der Waals surface area contributed by atoms with E-state index >= 15 is 0 Å². The van der Waals surface area contributed by atoms with Crippen LogP contribution in [0.15, 0.2) is 12.1 Å². The largest absolute Gasteiger partial charge is 0.460 e. The first-order valence-electron chi connectivity index (χ1n) is 8.69. The molecule has 1 aromatic rings. The minimum atomic E-state index is -0.997. The lowest BCUT2D eigenvalue weighted by molar-refractivity contribution is -0.161. The Balaban J connectivity index is 2.32. The first kappa shape index (κ1) is 20.3. The number of carbonyl (C=O) groups is 2. The van der Waals surface area contributed by atoms with Crippen LogP contribution in [0, 0.1) is 17.6 Å². The predicted molar refractivity (Wildman–Crippen MR) is 92.6 cm³/mol. The van der Waals surface area contributed by atoms with Crippen LogP contribution in [0.5, 0.6) is 0 Å². The molecule has 0 fully saturated rings. The zero-order chi connectivity index (χ0) is 19.9. The van der Waals surface area contributed by atoms with Gasteiger partial charge in [0, 0.05) is 5.92 Å². The van der Waals surface area contributed by atoms with Crippen LogP contribution in [-0.4, -0.2) is 23.1 Å². The van der Waals surface area contributed by atoms with E-state index in [9.17, 15) is 18.4 Å². The molecule has 1 aromatic carbocycles. The second-order valence-electron chi connectivity index (χ2n) is 8.71. The molecule has 0 aliphatic heterocycles. The number of benzene rings is 1. The van der Waals surface area contributed by atoms with Crippen LogP contribution < -0.4 is 0 Å². The minimum Gasteiger partial charge on any atom is -0.460 e. The van der Waals surface area contributed by atoms with E-state index in [2.05, 4.69) is 0 Å². The first-order chi connectivity index (χ1) is 11.8. The summed E-state index contributed by atoms with van der Waals surface area (Å²) in [5, 5.41) is 0. The molecule has 1 aliphatic rings. The van der Waals surface area contributed by atoms with Gasteiger partial charge in [-0.2, -0.15) is 0 Å². The molecular weight excluding hydrogens is 342 g/mol. The van der Waals surface area contributed by atoms with Gasteiger partial charge in [0.1, 0.15) is 11.2 Å². The lowest BCUT2D eigenvalue weighted by Crippen LogP contribution is -2.32. The van der Waals surface area contributed by atoms with Crippen molar-refractivity contribution in [1.29, 1.82) is 0 Å². The third-order valence-corrected chi connectivity index (χ3v) is 4.02. The van der Waals surface area contributed by atoms with Gasteiger partial charge in [-0.1, -0.05) is 0 Å². The molecule has 144 valence electrons. The summed E-state index contributed by atoms with van der Waals surface area (Å²) in [4.78, 5) is 24.9. The van der Waals surface area contributed by atoms with Gasteiger partial charge in [-0.3, -0.25) is 9.59 Å². The fraction of sp³-hybridized carbons (Fsp3) is 0.600. The van der Waals surface area contributed by atoms with E-state index in [0.717, 1.165) is 12.1 Å². The maximum atomic E-state index is 13.7. The Morgan fingerprint density at radius 3 is 2.08 bits per heavy atom. The van der Waals surface area contributed by atoms with E-state index in [1.54, 1.807) is 41.5 Å². The van der Waals surface area contributed by atoms with E-state index in [4.69, 9.17) is 9.47 Å². The van der Waals surface area contributed by atoms with Crippen molar-refractivity contribution in [2.24, 2.45) is 5.92 Å². The number of carbonyl (C=O) groups excluding carboxylic acids is 2. The maximum Gasteiger partial charge on any atom is 0.310 e. The number of hydrogen-bond acceptors (Lipinski definition) is 4. The highest BCUT2D eigenvalue weighted by molar-refractivity contribution is 5.79. The van der Waals surface area contributed by atoms with Gasteiger partial charge in [-0.15, -0.1) is 0 Å². The lowest BCUT2D eigenvalue weighted by atomic mass is 9.89. The molecule has 1 aliphatic carbocycles. The standard InChI is InChI=1S/C20H26F2O4/c1-19(2,3)25-17(23)10-13-12-9-16(22)15(21)8-11(12)7-14(13)18(24)26-20(4,5)6/h8-9,13-14H,7,10H2,1-6H3/t13-,14+/m0/s1. The second-order valence-corrected chi connectivity index (χ2v) is 8.71. The molecule has 6 heteroatoms. The molecule has 0 amide bonds. The van der Waals surface area contributed by atoms with Crippen molar-refractivity contribution in [3.63, 3.8) is 0 Å². The van der Waals surface area contributed by atoms with Crippen LogP contribution in [0.2, 0.25) is 0 Å². The van der Waals surface area contributed by atoms with Gasteiger partial charge in [-0.05, 0) is 71.2 Å². The van der Waals surface area contributed by atoms with Crippen LogP contribution in [0.25, 0.3) is 0 Å². The molecule has 0 unspecified atom stereocenters. The Bertz CT molecular complexity index is 714.